The number of benzene rings is 1. The molecule has 0 aliphatic carbocycles. The van der Waals surface area contributed by atoms with Gasteiger partial charge in [-0.15, -0.1) is 0 Å². The van der Waals surface area contributed by atoms with Crippen molar-refractivity contribution < 1.29 is 23.2 Å². The van der Waals surface area contributed by atoms with E-state index in [0.29, 0.717) is 5.56 Å². The van der Waals surface area contributed by atoms with Gasteiger partial charge in [-0.05, 0) is 24.3 Å². The topological polar surface area (TPSA) is 102 Å². The Balaban J connectivity index is 1.66. The van der Waals surface area contributed by atoms with Crippen LogP contribution in [0.5, 0.6) is 0 Å². The van der Waals surface area contributed by atoms with Gasteiger partial charge in [-0.25, -0.2) is 9.18 Å². The SMILES string of the molecule is CC(=O)N(C)[C@@H]1CN(c2ccc(-c3cccnc3-c3noc(C(Cl)(Cl)Cl)n3)c(F)c2)C(=O)O1. The largest absolute Gasteiger partial charge is 0.423 e. The summed E-state index contributed by atoms with van der Waals surface area (Å²) in [6, 6.07) is 7.45. The summed E-state index contributed by atoms with van der Waals surface area (Å²) in [4.78, 5) is 34.6. The molecular weight excluding hydrogens is 500 g/mol. The zero-order valence-electron chi connectivity index (χ0n) is 17.1. The molecular formula is C20H15Cl3FN5O4. The molecule has 2 amide bonds. The molecule has 1 atom stereocenters. The predicted molar refractivity (Wildman–Crippen MR) is 118 cm³/mol. The fourth-order valence-corrected chi connectivity index (χ4v) is 3.42. The average Bonchev–Trinajstić information content (AvgIpc) is 3.40. The third kappa shape index (κ3) is 4.59. The molecule has 4 rings (SSSR count). The highest BCUT2D eigenvalue weighted by molar-refractivity contribution is 6.66. The van der Waals surface area contributed by atoms with E-state index in [9.17, 15) is 9.59 Å². The number of carbonyl (C=O) groups excluding carboxylic acids is 2. The summed E-state index contributed by atoms with van der Waals surface area (Å²) >= 11 is 17.3. The molecule has 2 aromatic heterocycles. The van der Waals surface area contributed by atoms with Gasteiger partial charge in [-0.2, -0.15) is 4.98 Å². The van der Waals surface area contributed by atoms with Crippen LogP contribution in [0, 0.1) is 5.82 Å². The van der Waals surface area contributed by atoms with Crippen LogP contribution in [0.25, 0.3) is 22.6 Å². The van der Waals surface area contributed by atoms with Crippen molar-refractivity contribution in [3.05, 3.63) is 48.2 Å². The summed E-state index contributed by atoms with van der Waals surface area (Å²) in [5.74, 6) is -1.15. The first-order chi connectivity index (χ1) is 15.6. The van der Waals surface area contributed by atoms with Crippen LogP contribution in [0.3, 0.4) is 0 Å². The molecule has 1 fully saturated rings. The number of aromatic nitrogens is 3. The van der Waals surface area contributed by atoms with Crippen molar-refractivity contribution >= 4 is 52.5 Å². The Labute approximate surface area is 202 Å². The van der Waals surface area contributed by atoms with Crippen LogP contribution in [0.1, 0.15) is 12.8 Å². The number of halogens is 4. The van der Waals surface area contributed by atoms with Crippen molar-refractivity contribution in [1.82, 2.24) is 20.0 Å². The Hall–Kier alpha value is -2.95. The predicted octanol–water partition coefficient (Wildman–Crippen LogP) is 4.53. The van der Waals surface area contributed by atoms with Crippen molar-refractivity contribution in [2.45, 2.75) is 16.9 Å². The minimum Gasteiger partial charge on any atom is -0.423 e. The minimum absolute atomic E-state index is 0.00799. The van der Waals surface area contributed by atoms with Crippen molar-refractivity contribution in [2.24, 2.45) is 0 Å². The molecule has 1 aromatic carbocycles. The Bertz CT molecular complexity index is 1230. The summed E-state index contributed by atoms with van der Waals surface area (Å²) in [6.07, 6.45) is 0.0175. The Morgan fingerprint density at radius 1 is 1.27 bits per heavy atom. The second kappa shape index (κ2) is 8.77. The van der Waals surface area contributed by atoms with Crippen LogP contribution in [0.15, 0.2) is 41.1 Å². The van der Waals surface area contributed by atoms with Crippen LogP contribution < -0.4 is 4.90 Å². The van der Waals surface area contributed by atoms with E-state index in [-0.39, 0.29) is 41.1 Å². The molecule has 13 heteroatoms. The van der Waals surface area contributed by atoms with Gasteiger partial charge < -0.3 is 14.2 Å². The number of alkyl halides is 3. The highest BCUT2D eigenvalue weighted by Crippen LogP contribution is 2.39. The number of pyridine rings is 1. The number of nitrogens with zero attached hydrogens (tertiary/aromatic N) is 5. The number of anilines is 1. The summed E-state index contributed by atoms with van der Waals surface area (Å²) in [7, 11) is 1.52. The molecule has 3 aromatic rings. The van der Waals surface area contributed by atoms with E-state index < -0.39 is 21.9 Å². The van der Waals surface area contributed by atoms with E-state index in [4.69, 9.17) is 44.1 Å². The quantitative estimate of drug-likeness (QED) is 0.472. The van der Waals surface area contributed by atoms with Gasteiger partial charge in [0.2, 0.25) is 11.7 Å². The van der Waals surface area contributed by atoms with Crippen LogP contribution in [-0.4, -0.2) is 51.8 Å². The number of cyclic esters (lactones) is 1. The molecule has 9 nitrogen and oxygen atoms in total. The number of hydrogen-bond acceptors (Lipinski definition) is 7. The van der Waals surface area contributed by atoms with Gasteiger partial charge in [0.25, 0.3) is 9.68 Å². The zero-order valence-corrected chi connectivity index (χ0v) is 19.4. The van der Waals surface area contributed by atoms with Gasteiger partial charge >= 0.3 is 6.09 Å². The molecule has 0 spiro atoms. The van der Waals surface area contributed by atoms with Gasteiger partial charge in [-0.1, -0.05) is 46.0 Å². The third-order valence-electron chi connectivity index (χ3n) is 4.97. The summed E-state index contributed by atoms with van der Waals surface area (Å²) in [5, 5.41) is 3.77. The number of ether oxygens (including phenoxy) is 1. The molecule has 33 heavy (non-hydrogen) atoms. The first-order valence-corrected chi connectivity index (χ1v) is 10.6. The number of carbonyl (C=O) groups is 2. The minimum atomic E-state index is -1.92. The molecule has 1 aliphatic heterocycles. The monoisotopic (exact) mass is 513 g/mol. The van der Waals surface area contributed by atoms with E-state index in [2.05, 4.69) is 15.1 Å². The highest BCUT2D eigenvalue weighted by atomic mass is 35.6. The number of rotatable bonds is 4. The Morgan fingerprint density at radius 3 is 2.67 bits per heavy atom. The Morgan fingerprint density at radius 2 is 2.03 bits per heavy atom. The number of hydrogen-bond donors (Lipinski definition) is 0. The first-order valence-electron chi connectivity index (χ1n) is 9.44. The lowest BCUT2D eigenvalue weighted by Crippen LogP contribution is -2.38. The maximum absolute atomic E-state index is 15.2. The summed E-state index contributed by atoms with van der Waals surface area (Å²) < 4.78 is 23.5. The molecule has 0 saturated carbocycles. The smallest absolute Gasteiger partial charge is 0.416 e. The average molecular weight is 515 g/mol. The maximum atomic E-state index is 15.2. The maximum Gasteiger partial charge on any atom is 0.416 e. The van der Waals surface area contributed by atoms with Crippen molar-refractivity contribution in [3.63, 3.8) is 0 Å². The first kappa shape index (κ1) is 23.2. The molecule has 1 aliphatic rings. The molecule has 172 valence electrons. The molecule has 0 bridgehead atoms. The van der Waals surface area contributed by atoms with Crippen molar-refractivity contribution in [1.29, 1.82) is 0 Å². The van der Waals surface area contributed by atoms with Crippen LogP contribution in [0.2, 0.25) is 0 Å². The van der Waals surface area contributed by atoms with Gasteiger partial charge in [0.05, 0.1) is 12.2 Å². The van der Waals surface area contributed by atoms with Gasteiger partial charge in [-0.3, -0.25) is 14.7 Å². The van der Waals surface area contributed by atoms with Crippen molar-refractivity contribution in [2.75, 3.05) is 18.5 Å². The van der Waals surface area contributed by atoms with Crippen LogP contribution >= 0.6 is 34.8 Å². The lowest BCUT2D eigenvalue weighted by atomic mass is 10.0. The Kier molecular flexibility index (Phi) is 6.17. The molecule has 0 radical (unpaired) electrons. The summed E-state index contributed by atoms with van der Waals surface area (Å²) in [5.41, 5.74) is 1.00. The van der Waals surface area contributed by atoms with E-state index in [1.165, 1.54) is 42.1 Å². The van der Waals surface area contributed by atoms with Crippen LogP contribution in [-0.2, 0) is 13.3 Å². The van der Waals surface area contributed by atoms with E-state index in [1.54, 1.807) is 18.2 Å². The highest BCUT2D eigenvalue weighted by Gasteiger charge is 2.36. The molecule has 0 unspecified atom stereocenters. The van der Waals surface area contributed by atoms with Gasteiger partial charge in [0, 0.05) is 31.3 Å². The number of likely N-dealkylation sites (N-methyl/N-ethyl adjacent to an activating group) is 1. The molecule has 1 saturated heterocycles. The van der Waals surface area contributed by atoms with Gasteiger partial charge in [0.15, 0.2) is 6.23 Å². The number of amides is 2. The van der Waals surface area contributed by atoms with Crippen LogP contribution in [0.4, 0.5) is 14.9 Å². The lowest BCUT2D eigenvalue weighted by molar-refractivity contribution is -0.134. The zero-order chi connectivity index (χ0) is 23.9. The third-order valence-corrected chi connectivity index (χ3v) is 5.45. The lowest BCUT2D eigenvalue weighted by Gasteiger charge is -2.20. The second-order valence-corrected chi connectivity index (χ2v) is 9.34. The molecule has 0 N–H and O–H groups in total. The fourth-order valence-electron chi connectivity index (χ4n) is 3.19. The van der Waals surface area contributed by atoms with E-state index in [0.717, 1.165) is 0 Å². The van der Waals surface area contributed by atoms with Crippen molar-refractivity contribution in [3.8, 4) is 22.6 Å². The van der Waals surface area contributed by atoms with E-state index in [1.807, 2.05) is 0 Å². The normalized spacial score (nSPS) is 16.1. The molecule has 3 heterocycles. The standard InChI is InChI=1S/C20H15Cl3FN5O4/c1-10(30)28(2)15-9-29(19(31)32-15)11-5-6-12(14(24)8-11)13-4-3-7-25-16(13)17-26-18(33-27-17)20(21,22)23/h3-8,15H,9H2,1-2H3/t15-/m0/s1. The fraction of sp³-hybridized carbons (Fsp3) is 0.250. The van der Waals surface area contributed by atoms with E-state index >= 15 is 4.39 Å². The second-order valence-electron chi connectivity index (χ2n) is 7.06. The summed E-state index contributed by atoms with van der Waals surface area (Å²) in [6.45, 7) is 1.42. The van der Waals surface area contributed by atoms with Gasteiger partial charge in [0.1, 0.15) is 11.5 Å².